The number of hydrogen-bond acceptors (Lipinski definition) is 2. The van der Waals surface area contributed by atoms with Crippen LogP contribution >= 0.6 is 11.3 Å². The number of hydrogen-bond donors (Lipinski definition) is 0. The average molecular weight is 831 g/mol. The molecule has 64 heavy (non-hydrogen) atoms. The molecule has 3 heteroatoms. The molecule has 0 saturated heterocycles. The predicted octanol–water partition coefficient (Wildman–Crippen LogP) is 16.6. The Bertz CT molecular complexity index is 3870. The molecule has 298 valence electrons. The maximum Gasteiger partial charge on any atom is 0.0755 e. The molecule has 3 heterocycles. The zero-order valence-electron chi connectivity index (χ0n) is 34.7. The summed E-state index contributed by atoms with van der Waals surface area (Å²) in [4.78, 5) is 2.59. The Morgan fingerprint density at radius 2 is 0.938 bits per heavy atom. The van der Waals surface area contributed by atoms with Crippen molar-refractivity contribution in [2.45, 2.75) is 5.41 Å². The molecule has 0 radical (unpaired) electrons. The Kier molecular flexibility index (Phi) is 7.51. The minimum absolute atomic E-state index is 0.572. The molecule has 1 aliphatic carbocycles. The topological polar surface area (TPSA) is 8.17 Å². The number of rotatable bonds is 5. The van der Waals surface area contributed by atoms with E-state index in [4.69, 9.17) is 0 Å². The van der Waals surface area contributed by atoms with Crippen molar-refractivity contribution in [2.24, 2.45) is 0 Å². The first-order chi connectivity index (χ1) is 31.8. The van der Waals surface area contributed by atoms with Gasteiger partial charge in [-0.2, -0.15) is 0 Å². The number of thiophene rings is 1. The monoisotopic (exact) mass is 830 g/mol. The van der Waals surface area contributed by atoms with Gasteiger partial charge in [-0.25, -0.2) is 0 Å². The molecular weight excluding hydrogens is 793 g/mol. The Morgan fingerprint density at radius 1 is 0.359 bits per heavy atom. The highest BCUT2D eigenvalue weighted by Crippen LogP contribution is 2.64. The molecule has 2 aliphatic rings. The van der Waals surface area contributed by atoms with Gasteiger partial charge >= 0.3 is 0 Å². The Balaban J connectivity index is 1.12. The minimum atomic E-state index is -0.572. The van der Waals surface area contributed by atoms with Crippen LogP contribution in [0.5, 0.6) is 0 Å². The number of fused-ring (bicyclic) bond motifs is 15. The molecule has 1 unspecified atom stereocenters. The molecule has 1 spiro atoms. The van der Waals surface area contributed by atoms with Gasteiger partial charge in [0, 0.05) is 37.4 Å². The quantitative estimate of drug-likeness (QED) is 0.168. The van der Waals surface area contributed by atoms with Crippen LogP contribution in [0.2, 0.25) is 0 Å². The van der Waals surface area contributed by atoms with Crippen LogP contribution in [0.4, 0.5) is 17.1 Å². The molecule has 0 saturated carbocycles. The Morgan fingerprint density at radius 3 is 1.83 bits per heavy atom. The normalized spacial score (nSPS) is 14.6. The van der Waals surface area contributed by atoms with E-state index in [0.717, 1.165) is 11.4 Å². The molecule has 1 atom stereocenters. The van der Waals surface area contributed by atoms with E-state index in [1.807, 2.05) is 11.3 Å². The van der Waals surface area contributed by atoms with Gasteiger partial charge in [0.1, 0.15) is 0 Å². The number of nitrogens with zero attached hydrogens (tertiary/aromatic N) is 2. The van der Waals surface area contributed by atoms with Gasteiger partial charge in [0.25, 0.3) is 0 Å². The van der Waals surface area contributed by atoms with Crippen molar-refractivity contribution < 1.29 is 0 Å². The van der Waals surface area contributed by atoms with E-state index < -0.39 is 5.41 Å². The van der Waals surface area contributed by atoms with E-state index in [2.05, 4.69) is 240 Å². The van der Waals surface area contributed by atoms with E-state index in [1.165, 1.54) is 109 Å². The maximum absolute atomic E-state index is 2.59. The van der Waals surface area contributed by atoms with Crippen LogP contribution in [-0.4, -0.2) is 4.57 Å². The van der Waals surface area contributed by atoms with Crippen LogP contribution in [0, 0.1) is 0 Å². The standard InChI is InChI=1S/C61H38N2S/c1-2-19-39(20-3-1)40-21-4-5-22-41(40)42-23-7-12-33-52(42)62(56-37-17-28-46-44-25-9-15-38-57(44)64-60(46)56)55-36-18-31-50-58(55)47-26-6-10-29-48(47)61(50)49-30-11-14-35-54(49)63-53-34-13-8-24-43(53)45-27-16-32-51(61)59(45)63/h1-38H. The fraction of sp³-hybridized carbons (Fsp3) is 0.0164. The lowest BCUT2D eigenvalue weighted by molar-refractivity contribution is 0.748. The Hall–Kier alpha value is -7.98. The molecule has 1 aliphatic heterocycles. The summed E-state index contributed by atoms with van der Waals surface area (Å²) in [5, 5.41) is 5.13. The van der Waals surface area contributed by atoms with E-state index in [0.29, 0.717) is 0 Å². The fourth-order valence-corrected chi connectivity index (χ4v) is 12.8. The first kappa shape index (κ1) is 35.6. The minimum Gasteiger partial charge on any atom is -0.309 e. The van der Waals surface area contributed by atoms with Gasteiger partial charge in [-0.05, 0) is 80.9 Å². The van der Waals surface area contributed by atoms with Gasteiger partial charge in [-0.15, -0.1) is 11.3 Å². The summed E-state index contributed by atoms with van der Waals surface area (Å²) in [6, 6.07) is 85.9. The maximum atomic E-state index is 2.59. The van der Waals surface area contributed by atoms with Crippen molar-refractivity contribution in [1.82, 2.24) is 4.57 Å². The summed E-state index contributed by atoms with van der Waals surface area (Å²) in [7, 11) is 0. The lowest BCUT2D eigenvalue weighted by atomic mass is 9.65. The van der Waals surface area contributed by atoms with Gasteiger partial charge in [0.15, 0.2) is 0 Å². The number of para-hydroxylation sites is 4. The highest BCUT2D eigenvalue weighted by atomic mass is 32.1. The molecule has 12 aromatic rings. The molecule has 0 fully saturated rings. The van der Waals surface area contributed by atoms with Crippen molar-refractivity contribution in [3.05, 3.63) is 253 Å². The number of anilines is 3. The summed E-state index contributed by atoms with van der Waals surface area (Å²) >= 11 is 1.89. The SMILES string of the molecule is c1ccc(-c2ccccc2-c2ccccc2N(c2cccc3c2-c2ccccc2C32c3ccccc3-n3c4ccccc4c4cccc2c43)c2cccc3c2sc2ccccc23)cc1. The van der Waals surface area contributed by atoms with E-state index in [-0.39, 0.29) is 0 Å². The highest BCUT2D eigenvalue weighted by Gasteiger charge is 2.51. The molecule has 0 N–H and O–H groups in total. The molecular formula is C61H38N2S. The first-order valence-electron chi connectivity index (χ1n) is 22.1. The van der Waals surface area contributed by atoms with Crippen LogP contribution in [0.3, 0.4) is 0 Å². The zero-order chi connectivity index (χ0) is 41.9. The van der Waals surface area contributed by atoms with Crippen LogP contribution in [0.15, 0.2) is 231 Å². The summed E-state index contributed by atoms with van der Waals surface area (Å²) in [5.41, 5.74) is 19.2. The average Bonchev–Trinajstić information content (AvgIpc) is 4.02. The van der Waals surface area contributed by atoms with Crippen molar-refractivity contribution in [3.63, 3.8) is 0 Å². The molecule has 14 rings (SSSR count). The zero-order valence-corrected chi connectivity index (χ0v) is 35.6. The fourth-order valence-electron chi connectivity index (χ4n) is 11.6. The summed E-state index contributed by atoms with van der Waals surface area (Å²) < 4.78 is 5.09. The number of aromatic nitrogens is 1. The second kappa shape index (κ2) is 13.5. The van der Waals surface area contributed by atoms with Crippen molar-refractivity contribution >= 4 is 70.4 Å². The van der Waals surface area contributed by atoms with E-state index in [1.54, 1.807) is 0 Å². The lowest BCUT2D eigenvalue weighted by Crippen LogP contribution is -2.33. The molecule has 0 bridgehead atoms. The van der Waals surface area contributed by atoms with Crippen molar-refractivity contribution in [1.29, 1.82) is 0 Å². The van der Waals surface area contributed by atoms with Crippen molar-refractivity contribution in [3.8, 4) is 39.1 Å². The van der Waals surface area contributed by atoms with Crippen LogP contribution in [0.1, 0.15) is 22.3 Å². The summed E-state index contributed by atoms with van der Waals surface area (Å²) in [5.74, 6) is 0. The second-order valence-electron chi connectivity index (χ2n) is 17.1. The van der Waals surface area contributed by atoms with Gasteiger partial charge < -0.3 is 9.47 Å². The molecule has 2 aromatic heterocycles. The van der Waals surface area contributed by atoms with Gasteiger partial charge in [0.05, 0.1) is 43.9 Å². The van der Waals surface area contributed by atoms with Crippen LogP contribution in [-0.2, 0) is 5.41 Å². The van der Waals surface area contributed by atoms with Crippen molar-refractivity contribution in [2.75, 3.05) is 4.90 Å². The van der Waals surface area contributed by atoms with Gasteiger partial charge in [0.2, 0.25) is 0 Å². The highest BCUT2D eigenvalue weighted by molar-refractivity contribution is 7.26. The third kappa shape index (κ3) is 4.69. The number of benzene rings is 10. The Labute approximate surface area is 375 Å². The smallest absolute Gasteiger partial charge is 0.0755 e. The second-order valence-corrected chi connectivity index (χ2v) is 18.1. The summed E-state index contributed by atoms with van der Waals surface area (Å²) in [6.45, 7) is 0. The first-order valence-corrected chi connectivity index (χ1v) is 22.9. The van der Waals surface area contributed by atoms with E-state index >= 15 is 0 Å². The van der Waals surface area contributed by atoms with Crippen LogP contribution in [0.25, 0.3) is 81.0 Å². The van der Waals surface area contributed by atoms with Gasteiger partial charge in [-0.3, -0.25) is 0 Å². The third-order valence-corrected chi connectivity index (χ3v) is 15.2. The summed E-state index contributed by atoms with van der Waals surface area (Å²) in [6.07, 6.45) is 0. The molecule has 2 nitrogen and oxygen atoms in total. The largest absolute Gasteiger partial charge is 0.309 e. The van der Waals surface area contributed by atoms with Gasteiger partial charge in [-0.1, -0.05) is 194 Å². The molecule has 0 amide bonds. The molecule has 10 aromatic carbocycles. The lowest BCUT2D eigenvalue weighted by Gasteiger charge is -2.39. The van der Waals surface area contributed by atoms with Crippen LogP contribution < -0.4 is 4.90 Å². The predicted molar refractivity (Wildman–Crippen MR) is 270 cm³/mol. The van der Waals surface area contributed by atoms with E-state index in [9.17, 15) is 0 Å². The third-order valence-electron chi connectivity index (χ3n) is 14.0.